The molecular formula is C14H24N6O3. The molecule has 1 aromatic rings. The highest BCUT2D eigenvalue weighted by Gasteiger charge is 2.21. The highest BCUT2D eigenvalue weighted by molar-refractivity contribution is 5.75. The van der Waals surface area contributed by atoms with Gasteiger partial charge in [0.1, 0.15) is 11.4 Å². The number of carbonyl (C=O) groups excluding carboxylic acids is 1. The molecule has 0 bridgehead atoms. The Hall–Kier alpha value is -2.00. The Bertz CT molecular complexity index is 565. The van der Waals surface area contributed by atoms with Crippen LogP contribution in [0.1, 0.15) is 17.8 Å². The highest BCUT2D eigenvalue weighted by Crippen LogP contribution is 2.21. The maximum atomic E-state index is 11.9. The largest absolute Gasteiger partial charge is 0.355 e. The molecule has 9 nitrogen and oxygen atoms in total. The van der Waals surface area contributed by atoms with Crippen LogP contribution in [0.5, 0.6) is 0 Å². The third-order valence-electron chi connectivity index (χ3n) is 4.04. The molecule has 9 heteroatoms. The first kappa shape index (κ1) is 17.4. The summed E-state index contributed by atoms with van der Waals surface area (Å²) in [5, 5.41) is 21.3. The summed E-state index contributed by atoms with van der Waals surface area (Å²) >= 11 is 0. The van der Waals surface area contributed by atoms with Gasteiger partial charge in [-0.05, 0) is 13.8 Å². The van der Waals surface area contributed by atoms with Crippen LogP contribution in [-0.4, -0.2) is 64.8 Å². The van der Waals surface area contributed by atoms with Gasteiger partial charge in [-0.15, -0.1) is 0 Å². The molecule has 1 fully saturated rings. The molecule has 0 unspecified atom stereocenters. The number of piperazine rings is 1. The van der Waals surface area contributed by atoms with Crippen molar-refractivity contribution in [3.8, 4) is 0 Å². The highest BCUT2D eigenvalue weighted by atomic mass is 16.6. The van der Waals surface area contributed by atoms with Gasteiger partial charge in [0.25, 0.3) is 0 Å². The van der Waals surface area contributed by atoms with E-state index in [0.29, 0.717) is 24.5 Å². The van der Waals surface area contributed by atoms with Crippen LogP contribution in [0.15, 0.2) is 0 Å². The molecule has 0 aromatic carbocycles. The van der Waals surface area contributed by atoms with E-state index in [2.05, 4.69) is 20.6 Å². The first-order valence-electron chi connectivity index (χ1n) is 7.87. The number of amides is 1. The van der Waals surface area contributed by atoms with Crippen molar-refractivity contribution in [2.75, 3.05) is 39.3 Å². The Morgan fingerprint density at radius 2 is 2.04 bits per heavy atom. The summed E-state index contributed by atoms with van der Waals surface area (Å²) in [6.07, 6.45) is 0.265. The summed E-state index contributed by atoms with van der Waals surface area (Å²) in [5.41, 5.74) is 0.900. The van der Waals surface area contributed by atoms with Gasteiger partial charge in [0, 0.05) is 45.7 Å². The minimum absolute atomic E-state index is 0.0316. The quantitative estimate of drug-likeness (QED) is 0.532. The average molecular weight is 324 g/mol. The number of aromatic nitrogens is 2. The minimum atomic E-state index is -0.429. The lowest BCUT2D eigenvalue weighted by molar-refractivity contribution is -0.386. The summed E-state index contributed by atoms with van der Waals surface area (Å²) in [6, 6.07) is 0. The van der Waals surface area contributed by atoms with E-state index in [9.17, 15) is 14.9 Å². The molecule has 2 N–H and O–H groups in total. The topological polar surface area (TPSA) is 105 Å². The van der Waals surface area contributed by atoms with E-state index in [1.807, 2.05) is 0 Å². The molecule has 128 valence electrons. The second-order valence-corrected chi connectivity index (χ2v) is 5.69. The summed E-state index contributed by atoms with van der Waals surface area (Å²) in [4.78, 5) is 24.7. The smallest absolute Gasteiger partial charge is 0.312 e. The molecule has 0 spiro atoms. The number of rotatable bonds is 7. The van der Waals surface area contributed by atoms with Crippen molar-refractivity contribution in [2.24, 2.45) is 0 Å². The molecule has 2 heterocycles. The Balaban J connectivity index is 1.74. The lowest BCUT2D eigenvalue weighted by Crippen LogP contribution is -2.46. The lowest BCUT2D eigenvalue weighted by Gasteiger charge is -2.27. The first-order valence-corrected chi connectivity index (χ1v) is 7.87. The van der Waals surface area contributed by atoms with Crippen LogP contribution in [0.3, 0.4) is 0 Å². The summed E-state index contributed by atoms with van der Waals surface area (Å²) in [7, 11) is 0. The average Bonchev–Trinajstić information content (AvgIpc) is 2.80. The van der Waals surface area contributed by atoms with Crippen LogP contribution >= 0.6 is 0 Å². The van der Waals surface area contributed by atoms with Crippen LogP contribution < -0.4 is 10.6 Å². The zero-order valence-electron chi connectivity index (χ0n) is 13.7. The molecular weight excluding hydrogens is 300 g/mol. The maximum absolute atomic E-state index is 11.9. The van der Waals surface area contributed by atoms with Gasteiger partial charge in [0.2, 0.25) is 5.91 Å². The number of hydrogen-bond donors (Lipinski definition) is 2. The van der Waals surface area contributed by atoms with Crippen molar-refractivity contribution in [2.45, 2.75) is 26.8 Å². The standard InChI is InChI=1S/C14H24N6O3/c1-11-14(20(22)23)12(2)19(17-11)7-3-13(21)16-6-10-18-8-4-15-5-9-18/h15H,3-10H2,1-2H3,(H,16,21). The molecule has 1 aromatic heterocycles. The Morgan fingerprint density at radius 1 is 1.35 bits per heavy atom. The predicted molar refractivity (Wildman–Crippen MR) is 85.3 cm³/mol. The lowest BCUT2D eigenvalue weighted by atomic mass is 10.3. The van der Waals surface area contributed by atoms with Gasteiger partial charge < -0.3 is 10.6 Å². The fourth-order valence-corrected chi connectivity index (χ4v) is 2.75. The van der Waals surface area contributed by atoms with Gasteiger partial charge in [-0.1, -0.05) is 0 Å². The second kappa shape index (κ2) is 8.02. The van der Waals surface area contributed by atoms with E-state index in [-0.39, 0.29) is 18.0 Å². The SMILES string of the molecule is Cc1nn(CCC(=O)NCCN2CCNCC2)c(C)c1[N+](=O)[O-]. The van der Waals surface area contributed by atoms with Crippen molar-refractivity contribution >= 4 is 11.6 Å². The maximum Gasteiger partial charge on any atom is 0.312 e. The molecule has 1 saturated heterocycles. The molecule has 2 rings (SSSR count). The third-order valence-corrected chi connectivity index (χ3v) is 4.04. The molecule has 0 aliphatic carbocycles. The fourth-order valence-electron chi connectivity index (χ4n) is 2.75. The van der Waals surface area contributed by atoms with E-state index < -0.39 is 4.92 Å². The number of nitrogens with zero attached hydrogens (tertiary/aromatic N) is 4. The predicted octanol–water partition coefficient (Wildman–Crippen LogP) is -0.180. The number of hydrogen-bond acceptors (Lipinski definition) is 6. The Kier molecular flexibility index (Phi) is 6.05. The van der Waals surface area contributed by atoms with Crippen LogP contribution in [0, 0.1) is 24.0 Å². The van der Waals surface area contributed by atoms with Crippen molar-refractivity contribution in [3.05, 3.63) is 21.5 Å². The number of aryl methyl sites for hydroxylation is 2. The number of nitro groups is 1. The van der Waals surface area contributed by atoms with Crippen molar-refractivity contribution in [1.82, 2.24) is 25.3 Å². The molecule has 1 amide bonds. The molecule has 0 radical (unpaired) electrons. The van der Waals surface area contributed by atoms with Crippen molar-refractivity contribution in [3.63, 3.8) is 0 Å². The Morgan fingerprint density at radius 3 is 2.65 bits per heavy atom. The van der Waals surface area contributed by atoms with Crippen molar-refractivity contribution < 1.29 is 9.72 Å². The van der Waals surface area contributed by atoms with Crippen LogP contribution in [0.2, 0.25) is 0 Å². The fraction of sp³-hybridized carbons (Fsp3) is 0.714. The van der Waals surface area contributed by atoms with Gasteiger partial charge in [0.05, 0.1) is 11.5 Å². The molecule has 1 aliphatic heterocycles. The van der Waals surface area contributed by atoms with Gasteiger partial charge >= 0.3 is 5.69 Å². The van der Waals surface area contributed by atoms with Crippen molar-refractivity contribution in [1.29, 1.82) is 0 Å². The van der Waals surface area contributed by atoms with Gasteiger partial charge in [0.15, 0.2) is 0 Å². The van der Waals surface area contributed by atoms with Crippen LogP contribution in [0.25, 0.3) is 0 Å². The summed E-state index contributed by atoms with van der Waals surface area (Å²) < 4.78 is 1.53. The number of nitrogens with one attached hydrogen (secondary N) is 2. The van der Waals surface area contributed by atoms with Crippen LogP contribution in [0.4, 0.5) is 5.69 Å². The van der Waals surface area contributed by atoms with E-state index in [0.717, 1.165) is 32.7 Å². The minimum Gasteiger partial charge on any atom is -0.355 e. The normalized spacial score (nSPS) is 15.6. The zero-order valence-corrected chi connectivity index (χ0v) is 13.7. The van der Waals surface area contributed by atoms with E-state index in [4.69, 9.17) is 0 Å². The molecule has 0 saturated carbocycles. The zero-order chi connectivity index (χ0) is 16.8. The molecule has 1 aliphatic rings. The monoisotopic (exact) mass is 324 g/mol. The van der Waals surface area contributed by atoms with E-state index in [1.165, 1.54) is 4.68 Å². The van der Waals surface area contributed by atoms with E-state index in [1.54, 1.807) is 13.8 Å². The van der Waals surface area contributed by atoms with Gasteiger partial charge in [-0.2, -0.15) is 5.10 Å². The molecule has 23 heavy (non-hydrogen) atoms. The van der Waals surface area contributed by atoms with Gasteiger partial charge in [-0.25, -0.2) is 0 Å². The summed E-state index contributed by atoms with van der Waals surface area (Å²) in [6.45, 7) is 9.07. The molecule has 0 atom stereocenters. The number of carbonyl (C=O) groups is 1. The second-order valence-electron chi connectivity index (χ2n) is 5.69. The Labute approximate surface area is 135 Å². The summed E-state index contributed by atoms with van der Waals surface area (Å²) in [5.74, 6) is -0.0599. The van der Waals surface area contributed by atoms with E-state index >= 15 is 0 Å². The first-order chi connectivity index (χ1) is 11.0. The third kappa shape index (κ3) is 4.73. The van der Waals surface area contributed by atoms with Crippen LogP contribution in [-0.2, 0) is 11.3 Å². The van der Waals surface area contributed by atoms with Gasteiger partial charge in [-0.3, -0.25) is 24.5 Å².